The Labute approximate surface area is 128 Å². The van der Waals surface area contributed by atoms with Crippen molar-refractivity contribution in [2.24, 2.45) is 0 Å². The summed E-state index contributed by atoms with van der Waals surface area (Å²) in [6.07, 6.45) is 2.12. The summed E-state index contributed by atoms with van der Waals surface area (Å²) in [5, 5.41) is 13.1. The first-order valence-corrected chi connectivity index (χ1v) is 7.61. The van der Waals surface area contributed by atoms with E-state index in [1.807, 2.05) is 11.0 Å². The molecule has 1 heterocycles. The third-order valence-corrected chi connectivity index (χ3v) is 4.11. The van der Waals surface area contributed by atoms with E-state index in [9.17, 15) is 9.90 Å². The number of hydrogen-bond donors (Lipinski definition) is 2. The fourth-order valence-corrected chi connectivity index (χ4v) is 2.79. The minimum Gasteiger partial charge on any atom is -0.392 e. The van der Waals surface area contributed by atoms with E-state index in [4.69, 9.17) is 16.3 Å². The summed E-state index contributed by atoms with van der Waals surface area (Å²) in [7, 11) is 0. The Bertz CT molecular complexity index is 534. The first-order chi connectivity index (χ1) is 10.2. The van der Waals surface area contributed by atoms with Crippen molar-refractivity contribution in [2.45, 2.75) is 31.5 Å². The lowest BCUT2D eigenvalue weighted by atomic mass is 10.1. The Morgan fingerprint density at radius 1 is 1.48 bits per heavy atom. The van der Waals surface area contributed by atoms with Gasteiger partial charge >= 0.3 is 0 Å². The molecule has 1 aliphatic heterocycles. The topological polar surface area (TPSA) is 61.8 Å². The summed E-state index contributed by atoms with van der Waals surface area (Å²) >= 11 is 5.98. The van der Waals surface area contributed by atoms with Gasteiger partial charge < -0.3 is 20.1 Å². The molecule has 2 fully saturated rings. The van der Waals surface area contributed by atoms with Gasteiger partial charge in [-0.1, -0.05) is 11.6 Å². The molecule has 2 aliphatic rings. The number of carbonyl (C=O) groups excluding carboxylic acids is 1. The second-order valence-corrected chi connectivity index (χ2v) is 5.93. The van der Waals surface area contributed by atoms with Gasteiger partial charge in [0.1, 0.15) is 6.04 Å². The molecule has 1 unspecified atom stereocenters. The number of ether oxygens (including phenoxy) is 1. The van der Waals surface area contributed by atoms with E-state index in [1.54, 1.807) is 12.1 Å². The molecule has 6 heteroatoms. The molecule has 0 aromatic heterocycles. The zero-order valence-corrected chi connectivity index (χ0v) is 12.5. The predicted molar refractivity (Wildman–Crippen MR) is 80.5 cm³/mol. The average Bonchev–Trinajstić information content (AvgIpc) is 3.31. The predicted octanol–water partition coefficient (Wildman–Crippen LogP) is 1.32. The van der Waals surface area contributed by atoms with Gasteiger partial charge in [-0.25, -0.2) is 0 Å². The number of rotatable bonds is 4. The maximum absolute atomic E-state index is 12.4. The van der Waals surface area contributed by atoms with Crippen molar-refractivity contribution >= 4 is 23.2 Å². The SMILES string of the molecule is O=C(NC1CC1)C1COCCN1c1ccc(Cl)cc1CO. The van der Waals surface area contributed by atoms with Gasteiger partial charge in [-0.05, 0) is 31.0 Å². The van der Waals surface area contributed by atoms with Gasteiger partial charge in [0.25, 0.3) is 0 Å². The van der Waals surface area contributed by atoms with Gasteiger partial charge in [-0.2, -0.15) is 0 Å². The van der Waals surface area contributed by atoms with E-state index in [2.05, 4.69) is 5.32 Å². The van der Waals surface area contributed by atoms with Crippen molar-refractivity contribution in [3.8, 4) is 0 Å². The summed E-state index contributed by atoms with van der Waals surface area (Å²) < 4.78 is 5.46. The van der Waals surface area contributed by atoms with Crippen LogP contribution in [0.25, 0.3) is 0 Å². The molecule has 1 amide bonds. The molecule has 5 nitrogen and oxygen atoms in total. The van der Waals surface area contributed by atoms with E-state index < -0.39 is 0 Å². The number of benzene rings is 1. The van der Waals surface area contributed by atoms with Crippen LogP contribution in [0.4, 0.5) is 5.69 Å². The number of hydrogen-bond acceptors (Lipinski definition) is 4. The number of nitrogens with one attached hydrogen (secondary N) is 1. The molecule has 21 heavy (non-hydrogen) atoms. The first-order valence-electron chi connectivity index (χ1n) is 7.23. The van der Waals surface area contributed by atoms with Crippen molar-refractivity contribution < 1.29 is 14.6 Å². The molecule has 0 radical (unpaired) electrons. The van der Waals surface area contributed by atoms with E-state index >= 15 is 0 Å². The normalized spacial score (nSPS) is 22.2. The highest BCUT2D eigenvalue weighted by Crippen LogP contribution is 2.28. The van der Waals surface area contributed by atoms with Crippen LogP contribution in [0.2, 0.25) is 5.02 Å². The molecular weight excluding hydrogens is 292 g/mol. The second-order valence-electron chi connectivity index (χ2n) is 5.50. The average molecular weight is 311 g/mol. The van der Waals surface area contributed by atoms with Crippen molar-refractivity contribution in [3.63, 3.8) is 0 Å². The lowest BCUT2D eigenvalue weighted by Gasteiger charge is -2.37. The third-order valence-electron chi connectivity index (χ3n) is 3.88. The van der Waals surface area contributed by atoms with E-state index in [0.29, 0.717) is 30.8 Å². The van der Waals surface area contributed by atoms with Gasteiger partial charge in [0.05, 0.1) is 19.8 Å². The van der Waals surface area contributed by atoms with E-state index in [1.165, 1.54) is 0 Å². The fourth-order valence-electron chi connectivity index (χ4n) is 2.60. The maximum Gasteiger partial charge on any atom is 0.245 e. The van der Waals surface area contributed by atoms with Gasteiger partial charge in [-0.15, -0.1) is 0 Å². The number of morpholine rings is 1. The van der Waals surface area contributed by atoms with Crippen molar-refractivity contribution in [1.29, 1.82) is 0 Å². The highest BCUT2D eigenvalue weighted by Gasteiger charge is 2.34. The van der Waals surface area contributed by atoms with Gasteiger partial charge in [-0.3, -0.25) is 4.79 Å². The molecule has 1 atom stereocenters. The van der Waals surface area contributed by atoms with Crippen LogP contribution in [0.3, 0.4) is 0 Å². The van der Waals surface area contributed by atoms with Gasteiger partial charge in [0.2, 0.25) is 5.91 Å². The molecule has 114 valence electrons. The number of amides is 1. The second kappa shape index (κ2) is 6.22. The highest BCUT2D eigenvalue weighted by molar-refractivity contribution is 6.30. The number of nitrogens with zero attached hydrogens (tertiary/aromatic N) is 1. The Hall–Kier alpha value is -1.30. The van der Waals surface area contributed by atoms with Gasteiger partial charge in [0.15, 0.2) is 0 Å². The summed E-state index contributed by atoms with van der Waals surface area (Å²) in [6.45, 7) is 1.45. The van der Waals surface area contributed by atoms with Crippen LogP contribution in [-0.2, 0) is 16.1 Å². The molecule has 1 aromatic rings. The van der Waals surface area contributed by atoms with E-state index in [-0.39, 0.29) is 18.6 Å². The van der Waals surface area contributed by atoms with Crippen LogP contribution in [-0.4, -0.2) is 42.9 Å². The number of anilines is 1. The van der Waals surface area contributed by atoms with Crippen LogP contribution < -0.4 is 10.2 Å². The summed E-state index contributed by atoms with van der Waals surface area (Å²) in [6, 6.07) is 5.34. The summed E-state index contributed by atoms with van der Waals surface area (Å²) in [5.74, 6) is -0.00367. The maximum atomic E-state index is 12.4. The number of aliphatic hydroxyl groups excluding tert-OH is 1. The summed E-state index contributed by atoms with van der Waals surface area (Å²) in [5.41, 5.74) is 1.58. The largest absolute Gasteiger partial charge is 0.392 e. The molecule has 1 saturated carbocycles. The first kappa shape index (κ1) is 14.6. The van der Waals surface area contributed by atoms with Crippen LogP contribution in [0, 0.1) is 0 Å². The smallest absolute Gasteiger partial charge is 0.245 e. The Balaban J connectivity index is 1.84. The third kappa shape index (κ3) is 3.31. The van der Waals surface area contributed by atoms with Crippen LogP contribution in [0.5, 0.6) is 0 Å². The zero-order valence-electron chi connectivity index (χ0n) is 11.7. The lowest BCUT2D eigenvalue weighted by Crippen LogP contribution is -2.54. The number of aliphatic hydroxyl groups is 1. The number of carbonyl (C=O) groups is 1. The van der Waals surface area contributed by atoms with E-state index in [0.717, 1.165) is 24.1 Å². The molecule has 1 aromatic carbocycles. The van der Waals surface area contributed by atoms with Crippen molar-refractivity contribution in [2.75, 3.05) is 24.7 Å². The standard InChI is InChI=1S/C15H19ClN2O3/c16-11-1-4-13(10(7-11)8-19)18-5-6-21-9-14(18)15(20)17-12-2-3-12/h1,4,7,12,14,19H,2-3,5-6,8-9H2,(H,17,20). The van der Waals surface area contributed by atoms with Gasteiger partial charge in [0, 0.05) is 28.9 Å². The Morgan fingerprint density at radius 3 is 3.00 bits per heavy atom. The molecule has 3 rings (SSSR count). The van der Waals surface area contributed by atoms with Crippen LogP contribution in [0.15, 0.2) is 18.2 Å². The minimum atomic E-state index is -0.356. The minimum absolute atomic E-state index is 0.00367. The summed E-state index contributed by atoms with van der Waals surface area (Å²) in [4.78, 5) is 14.4. The Kier molecular flexibility index (Phi) is 4.33. The molecule has 1 saturated heterocycles. The molecule has 0 bridgehead atoms. The molecular formula is C15H19ClN2O3. The molecule has 2 N–H and O–H groups in total. The quantitative estimate of drug-likeness (QED) is 0.880. The lowest BCUT2D eigenvalue weighted by molar-refractivity contribution is -0.124. The molecule has 0 spiro atoms. The highest BCUT2D eigenvalue weighted by atomic mass is 35.5. The fraction of sp³-hybridized carbons (Fsp3) is 0.533. The number of halogens is 1. The zero-order chi connectivity index (χ0) is 14.8. The Morgan fingerprint density at radius 2 is 2.29 bits per heavy atom. The monoisotopic (exact) mass is 310 g/mol. The van der Waals surface area contributed by atoms with Crippen molar-refractivity contribution in [3.05, 3.63) is 28.8 Å². The van der Waals surface area contributed by atoms with Crippen molar-refractivity contribution in [1.82, 2.24) is 5.32 Å². The molecule has 1 aliphatic carbocycles. The van der Waals surface area contributed by atoms with Crippen LogP contribution in [0.1, 0.15) is 18.4 Å². The van der Waals surface area contributed by atoms with Crippen LogP contribution >= 0.6 is 11.6 Å².